The molecule has 0 saturated carbocycles. The van der Waals surface area contributed by atoms with Gasteiger partial charge in [0.15, 0.2) is 0 Å². The van der Waals surface area contributed by atoms with Crippen LogP contribution in [0, 0.1) is 0 Å². The SMILES string of the molecule is CC(C)(C)OC(=O)N1C[C@H](c2cccc(Cl)c2)CCC1=O. The van der Waals surface area contributed by atoms with Crippen molar-refractivity contribution in [1.29, 1.82) is 0 Å². The minimum Gasteiger partial charge on any atom is -0.443 e. The van der Waals surface area contributed by atoms with E-state index in [0.717, 1.165) is 12.0 Å². The first-order chi connectivity index (χ1) is 9.76. The number of rotatable bonds is 1. The summed E-state index contributed by atoms with van der Waals surface area (Å²) in [5, 5.41) is 0.660. The maximum absolute atomic E-state index is 12.1. The largest absolute Gasteiger partial charge is 0.443 e. The number of halogens is 1. The van der Waals surface area contributed by atoms with Crippen molar-refractivity contribution in [3.63, 3.8) is 0 Å². The number of hydrogen-bond donors (Lipinski definition) is 0. The summed E-state index contributed by atoms with van der Waals surface area (Å²) in [7, 11) is 0. The standard InChI is InChI=1S/C16H20ClNO3/c1-16(2,3)21-15(20)18-10-12(7-8-14(18)19)11-5-4-6-13(17)9-11/h4-6,9,12H,7-8,10H2,1-3H3/t12-/m1/s1. The van der Waals surface area contributed by atoms with Gasteiger partial charge in [-0.2, -0.15) is 0 Å². The molecule has 0 radical (unpaired) electrons. The van der Waals surface area contributed by atoms with Gasteiger partial charge in [-0.3, -0.25) is 4.79 Å². The summed E-state index contributed by atoms with van der Waals surface area (Å²) in [6.45, 7) is 5.70. The van der Waals surface area contributed by atoms with Gasteiger partial charge in [-0.15, -0.1) is 0 Å². The molecule has 5 heteroatoms. The summed E-state index contributed by atoms with van der Waals surface area (Å²) in [6, 6.07) is 7.55. The monoisotopic (exact) mass is 309 g/mol. The molecule has 2 amide bonds. The molecule has 114 valence electrons. The number of imide groups is 1. The number of benzene rings is 1. The van der Waals surface area contributed by atoms with E-state index in [-0.39, 0.29) is 11.8 Å². The smallest absolute Gasteiger partial charge is 0.417 e. The second-order valence-electron chi connectivity index (χ2n) is 6.28. The van der Waals surface area contributed by atoms with Crippen LogP contribution in [0.5, 0.6) is 0 Å². The molecule has 1 aliphatic heterocycles. The minimum atomic E-state index is -0.611. The third kappa shape index (κ3) is 4.21. The summed E-state index contributed by atoms with van der Waals surface area (Å²) >= 11 is 6.01. The first-order valence-corrected chi connectivity index (χ1v) is 7.43. The van der Waals surface area contributed by atoms with E-state index in [0.29, 0.717) is 18.0 Å². The molecule has 1 aliphatic rings. The Hall–Kier alpha value is -1.55. The Labute approximate surface area is 130 Å². The van der Waals surface area contributed by atoms with Gasteiger partial charge < -0.3 is 4.74 Å². The van der Waals surface area contributed by atoms with Gasteiger partial charge in [0.05, 0.1) is 0 Å². The summed E-state index contributed by atoms with van der Waals surface area (Å²) in [5.74, 6) is -0.0727. The molecule has 0 unspecified atom stereocenters. The summed E-state index contributed by atoms with van der Waals surface area (Å²) in [5.41, 5.74) is 0.434. The number of likely N-dealkylation sites (tertiary alicyclic amines) is 1. The van der Waals surface area contributed by atoms with Crippen LogP contribution in [0.15, 0.2) is 24.3 Å². The first kappa shape index (κ1) is 15.8. The molecule has 0 aliphatic carbocycles. The molecule has 1 heterocycles. The zero-order chi connectivity index (χ0) is 15.6. The molecule has 1 aromatic rings. The number of carbonyl (C=O) groups excluding carboxylic acids is 2. The topological polar surface area (TPSA) is 46.6 Å². The second kappa shape index (κ2) is 6.06. The van der Waals surface area contributed by atoms with Gasteiger partial charge in [0.2, 0.25) is 5.91 Å². The fourth-order valence-electron chi connectivity index (χ4n) is 2.37. The van der Waals surface area contributed by atoms with Crippen LogP contribution in [0.1, 0.15) is 45.1 Å². The van der Waals surface area contributed by atoms with E-state index < -0.39 is 11.7 Å². The molecule has 1 aromatic carbocycles. The van der Waals surface area contributed by atoms with Crippen molar-refractivity contribution in [3.05, 3.63) is 34.9 Å². The molecule has 0 bridgehead atoms. The number of amides is 2. The number of carbonyl (C=O) groups is 2. The Kier molecular flexibility index (Phi) is 4.57. The number of hydrogen-bond acceptors (Lipinski definition) is 3. The highest BCUT2D eigenvalue weighted by Crippen LogP contribution is 2.29. The van der Waals surface area contributed by atoms with Crippen LogP contribution >= 0.6 is 11.6 Å². The van der Waals surface area contributed by atoms with Crippen LogP contribution < -0.4 is 0 Å². The quantitative estimate of drug-likeness (QED) is 0.788. The number of ether oxygens (including phenoxy) is 1. The molecule has 1 atom stereocenters. The average molecular weight is 310 g/mol. The third-order valence-corrected chi connectivity index (χ3v) is 3.58. The summed E-state index contributed by atoms with van der Waals surface area (Å²) in [4.78, 5) is 25.3. The lowest BCUT2D eigenvalue weighted by Crippen LogP contribution is -2.45. The maximum Gasteiger partial charge on any atom is 0.417 e. The molecule has 2 rings (SSSR count). The van der Waals surface area contributed by atoms with Crippen LogP contribution in [0.2, 0.25) is 5.02 Å². The van der Waals surface area contributed by atoms with Gasteiger partial charge in [0.25, 0.3) is 0 Å². The van der Waals surface area contributed by atoms with Crippen molar-refractivity contribution in [3.8, 4) is 0 Å². The van der Waals surface area contributed by atoms with E-state index in [1.54, 1.807) is 20.8 Å². The highest BCUT2D eigenvalue weighted by Gasteiger charge is 2.33. The van der Waals surface area contributed by atoms with E-state index in [1.807, 2.05) is 24.3 Å². The van der Waals surface area contributed by atoms with Crippen molar-refractivity contribution in [2.45, 2.75) is 45.1 Å². The van der Waals surface area contributed by atoms with E-state index in [4.69, 9.17) is 16.3 Å². The van der Waals surface area contributed by atoms with E-state index in [1.165, 1.54) is 4.90 Å². The minimum absolute atomic E-state index is 0.105. The van der Waals surface area contributed by atoms with E-state index in [9.17, 15) is 9.59 Å². The second-order valence-corrected chi connectivity index (χ2v) is 6.71. The third-order valence-electron chi connectivity index (χ3n) is 3.34. The lowest BCUT2D eigenvalue weighted by Gasteiger charge is -2.32. The van der Waals surface area contributed by atoms with Crippen molar-refractivity contribution >= 4 is 23.6 Å². The molecule has 0 N–H and O–H groups in total. The molecular weight excluding hydrogens is 290 g/mol. The van der Waals surface area contributed by atoms with Gasteiger partial charge in [0, 0.05) is 23.9 Å². The Bertz CT molecular complexity index is 551. The molecule has 0 spiro atoms. The van der Waals surface area contributed by atoms with Gasteiger partial charge in [-0.25, -0.2) is 9.69 Å². The summed E-state index contributed by atoms with van der Waals surface area (Å²) in [6.07, 6.45) is 0.494. The zero-order valence-corrected chi connectivity index (χ0v) is 13.3. The van der Waals surface area contributed by atoms with Crippen LogP contribution in [-0.4, -0.2) is 29.0 Å². The highest BCUT2D eigenvalue weighted by atomic mass is 35.5. The summed E-state index contributed by atoms with van der Waals surface area (Å²) < 4.78 is 5.30. The van der Waals surface area contributed by atoms with Gasteiger partial charge in [-0.05, 0) is 44.9 Å². The fourth-order valence-corrected chi connectivity index (χ4v) is 2.57. The maximum atomic E-state index is 12.1. The van der Waals surface area contributed by atoms with Crippen molar-refractivity contribution < 1.29 is 14.3 Å². The lowest BCUT2D eigenvalue weighted by atomic mass is 9.90. The molecular formula is C16H20ClNO3. The van der Waals surface area contributed by atoms with Gasteiger partial charge in [0.1, 0.15) is 5.60 Å². The number of piperidine rings is 1. The Morgan fingerprint density at radius 2 is 2.10 bits per heavy atom. The van der Waals surface area contributed by atoms with Gasteiger partial charge >= 0.3 is 6.09 Å². The zero-order valence-electron chi connectivity index (χ0n) is 12.6. The first-order valence-electron chi connectivity index (χ1n) is 7.05. The van der Waals surface area contributed by atoms with Crippen molar-refractivity contribution in [2.24, 2.45) is 0 Å². The average Bonchev–Trinajstić information content (AvgIpc) is 2.37. The molecule has 21 heavy (non-hydrogen) atoms. The molecule has 1 saturated heterocycles. The van der Waals surface area contributed by atoms with Crippen LogP contribution in [0.4, 0.5) is 4.79 Å². The predicted molar refractivity (Wildman–Crippen MR) is 81.4 cm³/mol. The van der Waals surface area contributed by atoms with Crippen LogP contribution in [0.3, 0.4) is 0 Å². The van der Waals surface area contributed by atoms with Crippen LogP contribution in [0.25, 0.3) is 0 Å². The molecule has 1 fully saturated rings. The Balaban J connectivity index is 2.12. The van der Waals surface area contributed by atoms with Crippen LogP contribution in [-0.2, 0) is 9.53 Å². The highest BCUT2D eigenvalue weighted by molar-refractivity contribution is 6.30. The van der Waals surface area contributed by atoms with Crippen molar-refractivity contribution in [2.75, 3.05) is 6.54 Å². The Morgan fingerprint density at radius 3 is 2.71 bits per heavy atom. The molecule has 4 nitrogen and oxygen atoms in total. The normalized spacial score (nSPS) is 19.5. The number of nitrogens with zero attached hydrogens (tertiary/aromatic N) is 1. The van der Waals surface area contributed by atoms with E-state index in [2.05, 4.69) is 0 Å². The van der Waals surface area contributed by atoms with E-state index >= 15 is 0 Å². The predicted octanol–water partition coefficient (Wildman–Crippen LogP) is 3.98. The molecule has 0 aromatic heterocycles. The van der Waals surface area contributed by atoms with Crippen molar-refractivity contribution in [1.82, 2.24) is 4.90 Å². The Morgan fingerprint density at radius 1 is 1.38 bits per heavy atom. The fraction of sp³-hybridized carbons (Fsp3) is 0.500. The lowest BCUT2D eigenvalue weighted by molar-refractivity contribution is -0.132. The van der Waals surface area contributed by atoms with Gasteiger partial charge in [-0.1, -0.05) is 23.7 Å².